The minimum atomic E-state index is 0.196. The third-order valence-corrected chi connectivity index (χ3v) is 4.74. The molecule has 2 N–H and O–H groups in total. The minimum absolute atomic E-state index is 0.196. The molecule has 0 saturated carbocycles. The van der Waals surface area contributed by atoms with Gasteiger partial charge in [0.15, 0.2) is 11.5 Å². The Labute approximate surface area is 149 Å². The molecule has 1 aliphatic heterocycles. The van der Waals surface area contributed by atoms with Crippen LogP contribution in [0.3, 0.4) is 0 Å². The fraction of sp³-hybridized carbons (Fsp3) is 0.429. The summed E-state index contributed by atoms with van der Waals surface area (Å²) in [5, 5.41) is 13.1. The number of benzene rings is 2. The summed E-state index contributed by atoms with van der Waals surface area (Å²) in [6.45, 7) is 4.42. The molecule has 0 spiro atoms. The maximum absolute atomic E-state index is 9.41. The lowest BCUT2D eigenvalue weighted by molar-refractivity contribution is 0.171. The first-order chi connectivity index (χ1) is 12.3. The maximum Gasteiger partial charge on any atom is 0.161 e. The standard InChI is InChI=1S/C21H27NO3/c1-2-19(17-8-9-20-21(14-17)25-13-12-24-20)22-15-18(10-11-23)16-6-4-3-5-7-16/h3-9,14,18-19,22-23H,2,10-13,15H2,1H3. The summed E-state index contributed by atoms with van der Waals surface area (Å²) in [4.78, 5) is 0. The first kappa shape index (κ1) is 17.8. The van der Waals surface area contributed by atoms with Crippen molar-refractivity contribution in [1.82, 2.24) is 5.32 Å². The second-order valence-electron chi connectivity index (χ2n) is 6.39. The Kier molecular flexibility index (Phi) is 6.31. The zero-order valence-corrected chi connectivity index (χ0v) is 14.8. The van der Waals surface area contributed by atoms with E-state index >= 15 is 0 Å². The molecule has 0 saturated heterocycles. The summed E-state index contributed by atoms with van der Waals surface area (Å²) in [6, 6.07) is 16.8. The van der Waals surface area contributed by atoms with Gasteiger partial charge in [0.25, 0.3) is 0 Å². The van der Waals surface area contributed by atoms with Crippen LogP contribution < -0.4 is 14.8 Å². The van der Waals surface area contributed by atoms with Crippen molar-refractivity contribution in [2.75, 3.05) is 26.4 Å². The van der Waals surface area contributed by atoms with Gasteiger partial charge in [0.1, 0.15) is 13.2 Å². The lowest BCUT2D eigenvalue weighted by Crippen LogP contribution is -2.27. The second kappa shape index (κ2) is 8.88. The number of hydrogen-bond acceptors (Lipinski definition) is 4. The van der Waals surface area contributed by atoms with Crippen molar-refractivity contribution >= 4 is 0 Å². The highest BCUT2D eigenvalue weighted by atomic mass is 16.6. The van der Waals surface area contributed by atoms with Crippen LogP contribution in [0.4, 0.5) is 0 Å². The normalized spacial score (nSPS) is 15.6. The van der Waals surface area contributed by atoms with Crippen molar-refractivity contribution in [1.29, 1.82) is 0 Å². The van der Waals surface area contributed by atoms with Crippen molar-refractivity contribution in [3.8, 4) is 11.5 Å². The monoisotopic (exact) mass is 341 g/mol. The van der Waals surface area contributed by atoms with Crippen LogP contribution in [0.1, 0.15) is 42.9 Å². The lowest BCUT2D eigenvalue weighted by atomic mass is 9.95. The minimum Gasteiger partial charge on any atom is -0.486 e. The van der Waals surface area contributed by atoms with Crippen molar-refractivity contribution in [2.24, 2.45) is 0 Å². The highest BCUT2D eigenvalue weighted by molar-refractivity contribution is 5.44. The van der Waals surface area contributed by atoms with E-state index < -0.39 is 0 Å². The number of hydrogen-bond donors (Lipinski definition) is 2. The molecule has 4 heteroatoms. The van der Waals surface area contributed by atoms with E-state index in [2.05, 4.69) is 48.6 Å². The van der Waals surface area contributed by atoms with E-state index in [9.17, 15) is 5.11 Å². The van der Waals surface area contributed by atoms with Gasteiger partial charge in [-0.2, -0.15) is 0 Å². The number of aliphatic hydroxyl groups is 1. The molecule has 2 aromatic rings. The van der Waals surface area contributed by atoms with Gasteiger partial charge >= 0.3 is 0 Å². The molecule has 0 amide bonds. The Morgan fingerprint density at radius 3 is 2.48 bits per heavy atom. The van der Waals surface area contributed by atoms with E-state index in [1.165, 1.54) is 11.1 Å². The van der Waals surface area contributed by atoms with Crippen LogP contribution in [0.15, 0.2) is 48.5 Å². The third-order valence-electron chi connectivity index (χ3n) is 4.74. The molecule has 1 heterocycles. The number of nitrogens with one attached hydrogen (secondary N) is 1. The van der Waals surface area contributed by atoms with E-state index in [4.69, 9.17) is 9.47 Å². The molecule has 134 valence electrons. The third kappa shape index (κ3) is 4.53. The van der Waals surface area contributed by atoms with Crippen LogP contribution in [0.25, 0.3) is 0 Å². The fourth-order valence-electron chi connectivity index (χ4n) is 3.33. The van der Waals surface area contributed by atoms with Crippen LogP contribution in [0.2, 0.25) is 0 Å². The van der Waals surface area contributed by atoms with Crippen molar-refractivity contribution in [3.63, 3.8) is 0 Å². The molecule has 3 rings (SSSR count). The lowest BCUT2D eigenvalue weighted by Gasteiger charge is -2.24. The highest BCUT2D eigenvalue weighted by Gasteiger charge is 2.18. The molecular weight excluding hydrogens is 314 g/mol. The zero-order chi connectivity index (χ0) is 17.5. The van der Waals surface area contributed by atoms with Crippen LogP contribution >= 0.6 is 0 Å². The van der Waals surface area contributed by atoms with Gasteiger partial charge in [0.2, 0.25) is 0 Å². The molecular formula is C21H27NO3. The number of ether oxygens (including phenoxy) is 2. The molecule has 0 fully saturated rings. The Morgan fingerprint density at radius 2 is 1.76 bits per heavy atom. The van der Waals surface area contributed by atoms with Crippen molar-refractivity contribution in [2.45, 2.75) is 31.7 Å². The van der Waals surface area contributed by atoms with E-state index in [0.717, 1.165) is 30.9 Å². The molecule has 2 atom stereocenters. The summed E-state index contributed by atoms with van der Waals surface area (Å²) in [5.74, 6) is 1.96. The van der Waals surface area contributed by atoms with Gasteiger partial charge in [-0.05, 0) is 42.0 Å². The van der Waals surface area contributed by atoms with Gasteiger partial charge in [-0.1, -0.05) is 43.3 Å². The quantitative estimate of drug-likeness (QED) is 0.769. The van der Waals surface area contributed by atoms with Crippen molar-refractivity contribution < 1.29 is 14.6 Å². The van der Waals surface area contributed by atoms with Crippen molar-refractivity contribution in [3.05, 3.63) is 59.7 Å². The molecule has 0 aromatic heterocycles. The SMILES string of the molecule is CCC(NCC(CCO)c1ccccc1)c1ccc2c(c1)OCCO2. The predicted molar refractivity (Wildman–Crippen MR) is 99.4 cm³/mol. The number of aliphatic hydroxyl groups excluding tert-OH is 1. The molecule has 0 radical (unpaired) electrons. The Hall–Kier alpha value is -2.04. The molecule has 25 heavy (non-hydrogen) atoms. The van der Waals surface area contributed by atoms with Gasteiger partial charge in [-0.25, -0.2) is 0 Å². The summed E-state index contributed by atoms with van der Waals surface area (Å²) >= 11 is 0. The maximum atomic E-state index is 9.41. The average Bonchev–Trinajstić information content (AvgIpc) is 2.68. The first-order valence-electron chi connectivity index (χ1n) is 9.10. The number of rotatable bonds is 8. The van der Waals surface area contributed by atoms with Crippen LogP contribution in [-0.2, 0) is 0 Å². The molecule has 1 aliphatic rings. The zero-order valence-electron chi connectivity index (χ0n) is 14.8. The Balaban J connectivity index is 1.69. The average molecular weight is 341 g/mol. The van der Waals surface area contributed by atoms with E-state index in [1.54, 1.807) is 0 Å². The molecule has 0 aliphatic carbocycles. The van der Waals surface area contributed by atoms with Gasteiger partial charge in [-0.3, -0.25) is 0 Å². The van der Waals surface area contributed by atoms with Crippen LogP contribution in [0.5, 0.6) is 11.5 Å². The Bertz CT molecular complexity index is 659. The predicted octanol–water partition coefficient (Wildman–Crippen LogP) is 3.66. The van der Waals surface area contributed by atoms with Crippen LogP contribution in [0, 0.1) is 0 Å². The first-order valence-corrected chi connectivity index (χ1v) is 9.10. The summed E-state index contributed by atoms with van der Waals surface area (Å²) < 4.78 is 11.3. The summed E-state index contributed by atoms with van der Waals surface area (Å²) in [7, 11) is 0. The van der Waals surface area contributed by atoms with Gasteiger partial charge in [0, 0.05) is 19.2 Å². The number of fused-ring (bicyclic) bond motifs is 1. The molecule has 2 aromatic carbocycles. The molecule has 2 unspecified atom stereocenters. The smallest absolute Gasteiger partial charge is 0.161 e. The van der Waals surface area contributed by atoms with Crippen LogP contribution in [-0.4, -0.2) is 31.5 Å². The van der Waals surface area contributed by atoms with E-state index in [0.29, 0.717) is 19.1 Å². The fourth-order valence-corrected chi connectivity index (χ4v) is 3.33. The second-order valence-corrected chi connectivity index (χ2v) is 6.39. The summed E-state index contributed by atoms with van der Waals surface area (Å²) in [5.41, 5.74) is 2.48. The topological polar surface area (TPSA) is 50.7 Å². The Morgan fingerprint density at radius 1 is 1.00 bits per heavy atom. The highest BCUT2D eigenvalue weighted by Crippen LogP contribution is 2.33. The largest absolute Gasteiger partial charge is 0.486 e. The molecule has 4 nitrogen and oxygen atoms in total. The van der Waals surface area contributed by atoms with E-state index in [1.807, 2.05) is 12.1 Å². The van der Waals surface area contributed by atoms with Gasteiger partial charge in [-0.15, -0.1) is 0 Å². The summed E-state index contributed by atoms with van der Waals surface area (Å²) in [6.07, 6.45) is 1.74. The van der Waals surface area contributed by atoms with Gasteiger partial charge in [0.05, 0.1) is 0 Å². The van der Waals surface area contributed by atoms with Gasteiger partial charge < -0.3 is 19.9 Å². The van der Waals surface area contributed by atoms with E-state index in [-0.39, 0.29) is 12.6 Å². The molecule has 0 bridgehead atoms.